The Morgan fingerprint density at radius 2 is 2.18 bits per heavy atom. The second-order valence-corrected chi connectivity index (χ2v) is 4.92. The molecule has 0 saturated carbocycles. The Labute approximate surface area is 105 Å². The van der Waals surface area contributed by atoms with Crippen LogP contribution in [0.25, 0.3) is 0 Å². The molecule has 1 rings (SSSR count). The first-order chi connectivity index (χ1) is 8.00. The average molecular weight is 255 g/mol. The second kappa shape index (κ2) is 6.39. The van der Waals surface area contributed by atoms with Gasteiger partial charge in [0.05, 0.1) is 0 Å². The second-order valence-electron chi connectivity index (χ2n) is 4.14. The molecule has 0 spiro atoms. The van der Waals surface area contributed by atoms with Crippen molar-refractivity contribution in [1.82, 2.24) is 4.90 Å². The van der Waals surface area contributed by atoms with Crippen LogP contribution >= 0.6 is 11.3 Å². The van der Waals surface area contributed by atoms with Crippen LogP contribution in [0.1, 0.15) is 25.8 Å². The van der Waals surface area contributed by atoms with Gasteiger partial charge in [0.1, 0.15) is 6.54 Å². The van der Waals surface area contributed by atoms with E-state index in [0.29, 0.717) is 12.8 Å². The van der Waals surface area contributed by atoms with E-state index in [1.54, 1.807) is 11.3 Å². The first-order valence-corrected chi connectivity index (χ1v) is 6.47. The van der Waals surface area contributed by atoms with E-state index in [1.807, 2.05) is 30.7 Å². The van der Waals surface area contributed by atoms with Crippen LogP contribution in [0.2, 0.25) is 0 Å². The predicted molar refractivity (Wildman–Crippen MR) is 67.1 cm³/mol. The standard InChI is InChI=1S/C12H17NO3S/c1-9(2)13(7-12(15)16)11(14)4-3-10-5-6-17-8-10/h5-6,8-9H,3-4,7H2,1-2H3,(H,15,16). The Morgan fingerprint density at radius 3 is 2.65 bits per heavy atom. The molecule has 94 valence electrons. The maximum atomic E-state index is 11.9. The van der Waals surface area contributed by atoms with Crippen molar-refractivity contribution in [3.8, 4) is 0 Å². The molecule has 0 unspecified atom stereocenters. The Morgan fingerprint density at radius 1 is 1.47 bits per heavy atom. The highest BCUT2D eigenvalue weighted by Crippen LogP contribution is 2.10. The molecule has 17 heavy (non-hydrogen) atoms. The number of thiophene rings is 1. The fraction of sp³-hybridized carbons (Fsp3) is 0.500. The minimum atomic E-state index is -0.970. The summed E-state index contributed by atoms with van der Waals surface area (Å²) in [6.07, 6.45) is 1.04. The number of amides is 1. The number of rotatable bonds is 6. The van der Waals surface area contributed by atoms with Crippen LogP contribution in [0.4, 0.5) is 0 Å². The number of carbonyl (C=O) groups excluding carboxylic acids is 1. The topological polar surface area (TPSA) is 57.6 Å². The van der Waals surface area contributed by atoms with E-state index in [4.69, 9.17) is 5.11 Å². The van der Waals surface area contributed by atoms with E-state index in [-0.39, 0.29) is 18.5 Å². The van der Waals surface area contributed by atoms with Crippen molar-refractivity contribution < 1.29 is 14.7 Å². The van der Waals surface area contributed by atoms with Crippen molar-refractivity contribution in [3.05, 3.63) is 22.4 Å². The lowest BCUT2D eigenvalue weighted by Crippen LogP contribution is -2.40. The van der Waals surface area contributed by atoms with Gasteiger partial charge < -0.3 is 10.0 Å². The molecule has 0 fully saturated rings. The van der Waals surface area contributed by atoms with Gasteiger partial charge in [-0.3, -0.25) is 9.59 Å². The van der Waals surface area contributed by atoms with Gasteiger partial charge in [0, 0.05) is 12.5 Å². The van der Waals surface area contributed by atoms with Crippen LogP contribution in [0.15, 0.2) is 16.8 Å². The molecular weight excluding hydrogens is 238 g/mol. The summed E-state index contributed by atoms with van der Waals surface area (Å²) in [6.45, 7) is 3.43. The summed E-state index contributed by atoms with van der Waals surface area (Å²) in [5.41, 5.74) is 1.13. The third-order valence-corrected chi connectivity index (χ3v) is 3.19. The van der Waals surface area contributed by atoms with E-state index >= 15 is 0 Å². The van der Waals surface area contributed by atoms with Gasteiger partial charge in [0.25, 0.3) is 0 Å². The van der Waals surface area contributed by atoms with Gasteiger partial charge in [-0.1, -0.05) is 0 Å². The quantitative estimate of drug-likeness (QED) is 0.846. The molecule has 0 aliphatic carbocycles. The highest BCUT2D eigenvalue weighted by molar-refractivity contribution is 7.07. The van der Waals surface area contributed by atoms with Crippen molar-refractivity contribution in [1.29, 1.82) is 0 Å². The monoisotopic (exact) mass is 255 g/mol. The molecule has 1 aromatic rings. The molecule has 0 aromatic carbocycles. The lowest BCUT2D eigenvalue weighted by molar-refractivity contribution is -0.145. The summed E-state index contributed by atoms with van der Waals surface area (Å²) in [5, 5.41) is 12.7. The smallest absolute Gasteiger partial charge is 0.323 e. The average Bonchev–Trinajstić information content (AvgIpc) is 2.74. The lowest BCUT2D eigenvalue weighted by Gasteiger charge is -2.24. The van der Waals surface area contributed by atoms with Crippen molar-refractivity contribution in [2.75, 3.05) is 6.54 Å². The minimum absolute atomic E-state index is 0.0823. The van der Waals surface area contributed by atoms with Crippen molar-refractivity contribution >= 4 is 23.2 Å². The molecule has 0 atom stereocenters. The number of carboxylic acids is 1. The van der Waals surface area contributed by atoms with Gasteiger partial charge in [0.15, 0.2) is 0 Å². The molecular formula is C12H17NO3S. The number of hydrogen-bond acceptors (Lipinski definition) is 3. The van der Waals surface area contributed by atoms with E-state index in [0.717, 1.165) is 5.56 Å². The maximum absolute atomic E-state index is 11.9. The number of aliphatic carboxylic acids is 1. The fourth-order valence-corrected chi connectivity index (χ4v) is 2.24. The van der Waals surface area contributed by atoms with Crippen molar-refractivity contribution in [2.45, 2.75) is 32.7 Å². The Hall–Kier alpha value is -1.36. The van der Waals surface area contributed by atoms with Gasteiger partial charge in [-0.05, 0) is 42.7 Å². The molecule has 4 nitrogen and oxygen atoms in total. The highest BCUT2D eigenvalue weighted by atomic mass is 32.1. The molecule has 0 saturated heterocycles. The minimum Gasteiger partial charge on any atom is -0.480 e. The van der Waals surface area contributed by atoms with Crippen LogP contribution in [0.3, 0.4) is 0 Å². The van der Waals surface area contributed by atoms with Crippen LogP contribution in [0, 0.1) is 0 Å². The molecule has 0 radical (unpaired) electrons. The fourth-order valence-electron chi connectivity index (χ4n) is 1.53. The van der Waals surface area contributed by atoms with Crippen LogP contribution < -0.4 is 0 Å². The van der Waals surface area contributed by atoms with Crippen molar-refractivity contribution in [2.24, 2.45) is 0 Å². The number of nitrogens with zero attached hydrogens (tertiary/aromatic N) is 1. The summed E-state index contributed by atoms with van der Waals surface area (Å²) in [6, 6.07) is 1.90. The third-order valence-electron chi connectivity index (χ3n) is 2.46. The number of carboxylic acid groups (broad SMARTS) is 1. The molecule has 0 aliphatic heterocycles. The zero-order valence-electron chi connectivity index (χ0n) is 10.0. The summed E-state index contributed by atoms with van der Waals surface area (Å²) in [7, 11) is 0. The van der Waals surface area contributed by atoms with Crippen LogP contribution in [0.5, 0.6) is 0 Å². The molecule has 1 amide bonds. The SMILES string of the molecule is CC(C)N(CC(=O)O)C(=O)CCc1ccsc1. The largest absolute Gasteiger partial charge is 0.480 e. The summed E-state index contributed by atoms with van der Waals surface area (Å²) in [5.74, 6) is -1.07. The first-order valence-electron chi connectivity index (χ1n) is 5.53. The molecule has 0 aliphatic rings. The first kappa shape index (κ1) is 13.7. The van der Waals surface area contributed by atoms with Gasteiger partial charge in [0.2, 0.25) is 5.91 Å². The molecule has 1 aromatic heterocycles. The van der Waals surface area contributed by atoms with E-state index in [9.17, 15) is 9.59 Å². The van der Waals surface area contributed by atoms with Gasteiger partial charge in [-0.2, -0.15) is 11.3 Å². The highest BCUT2D eigenvalue weighted by Gasteiger charge is 2.19. The van der Waals surface area contributed by atoms with E-state index < -0.39 is 5.97 Å². The predicted octanol–water partition coefficient (Wildman–Crippen LogP) is 2.00. The summed E-state index contributed by atoms with van der Waals surface area (Å²) in [4.78, 5) is 23.9. The third kappa shape index (κ3) is 4.56. The summed E-state index contributed by atoms with van der Waals surface area (Å²) < 4.78 is 0. The maximum Gasteiger partial charge on any atom is 0.323 e. The number of hydrogen-bond donors (Lipinski definition) is 1. The van der Waals surface area contributed by atoms with Crippen LogP contribution in [-0.4, -0.2) is 34.5 Å². The van der Waals surface area contributed by atoms with Gasteiger partial charge in [-0.25, -0.2) is 0 Å². The molecule has 1 N–H and O–H groups in total. The number of aryl methyl sites for hydroxylation is 1. The lowest BCUT2D eigenvalue weighted by atomic mass is 10.1. The van der Waals surface area contributed by atoms with E-state index in [2.05, 4.69) is 0 Å². The molecule has 1 heterocycles. The van der Waals surface area contributed by atoms with Crippen molar-refractivity contribution in [3.63, 3.8) is 0 Å². The molecule has 0 bridgehead atoms. The normalized spacial score (nSPS) is 10.5. The Bertz CT molecular complexity index is 373. The van der Waals surface area contributed by atoms with Gasteiger partial charge >= 0.3 is 5.97 Å². The number of carbonyl (C=O) groups is 2. The summed E-state index contributed by atoms with van der Waals surface area (Å²) >= 11 is 1.60. The van der Waals surface area contributed by atoms with Crippen LogP contribution in [-0.2, 0) is 16.0 Å². The Kier molecular flexibility index (Phi) is 5.15. The van der Waals surface area contributed by atoms with Gasteiger partial charge in [-0.15, -0.1) is 0 Å². The Balaban J connectivity index is 2.50. The zero-order valence-corrected chi connectivity index (χ0v) is 10.9. The molecule has 5 heteroatoms. The zero-order chi connectivity index (χ0) is 12.8. The van der Waals surface area contributed by atoms with E-state index in [1.165, 1.54) is 4.90 Å².